The zero-order valence-electron chi connectivity index (χ0n) is 11.2. The Morgan fingerprint density at radius 2 is 1.78 bits per heavy atom. The van der Waals surface area contributed by atoms with Crippen molar-refractivity contribution in [3.05, 3.63) is 35.9 Å². The highest BCUT2D eigenvalue weighted by atomic mass is 35.5. The van der Waals surface area contributed by atoms with Gasteiger partial charge in [0.1, 0.15) is 11.4 Å². The first-order chi connectivity index (χ1) is 7.97. The van der Waals surface area contributed by atoms with E-state index in [4.69, 9.17) is 0 Å². The van der Waals surface area contributed by atoms with Crippen LogP contribution < -0.4 is 0 Å². The van der Waals surface area contributed by atoms with Crippen LogP contribution in [0.5, 0.6) is 0 Å². The maximum absolute atomic E-state index is 12.3. The van der Waals surface area contributed by atoms with E-state index in [1.807, 2.05) is 51.1 Å². The van der Waals surface area contributed by atoms with Gasteiger partial charge in [-0.25, -0.2) is 0 Å². The molecule has 0 fully saturated rings. The lowest BCUT2D eigenvalue weighted by atomic mass is 9.89. The van der Waals surface area contributed by atoms with Crippen molar-refractivity contribution in [1.82, 2.24) is 4.90 Å². The van der Waals surface area contributed by atoms with Crippen molar-refractivity contribution in [1.29, 1.82) is 0 Å². The summed E-state index contributed by atoms with van der Waals surface area (Å²) in [5, 5.41) is 0. The molecule has 1 atom stereocenters. The van der Waals surface area contributed by atoms with Crippen LogP contribution in [0.15, 0.2) is 35.3 Å². The third-order valence-electron chi connectivity index (χ3n) is 3.55. The average Bonchev–Trinajstić information content (AvgIpc) is 2.56. The summed E-state index contributed by atoms with van der Waals surface area (Å²) < 4.78 is 0. The highest BCUT2D eigenvalue weighted by Crippen LogP contribution is 2.30. The number of amides is 1. The van der Waals surface area contributed by atoms with Crippen LogP contribution >= 0.6 is 12.4 Å². The number of hydrogen-bond acceptors (Lipinski definition) is 2. The fourth-order valence-corrected chi connectivity index (χ4v) is 2.00. The van der Waals surface area contributed by atoms with Crippen LogP contribution in [-0.2, 0) is 4.79 Å². The lowest BCUT2D eigenvalue weighted by Crippen LogP contribution is -2.42. The molecule has 1 amide bonds. The van der Waals surface area contributed by atoms with Crippen molar-refractivity contribution in [3.63, 3.8) is 0 Å². The Labute approximate surface area is 114 Å². The fraction of sp³-hybridized carbons (Fsp3) is 0.429. The lowest BCUT2D eigenvalue weighted by Gasteiger charge is -2.23. The summed E-state index contributed by atoms with van der Waals surface area (Å²) in [4.78, 5) is 18.6. The standard InChI is InChI=1S/C14H18N2O.ClH/c1-10(2)14(3)13(17)16(4)12(15-14)11-8-6-5-7-9-11;/h5-10H,1-4H3;1H. The number of rotatable bonds is 2. The largest absolute Gasteiger partial charge is 0.298 e. The smallest absolute Gasteiger partial charge is 0.255 e. The van der Waals surface area contributed by atoms with Gasteiger partial charge in [0.05, 0.1) is 0 Å². The summed E-state index contributed by atoms with van der Waals surface area (Å²) in [6, 6.07) is 9.84. The van der Waals surface area contributed by atoms with E-state index in [-0.39, 0.29) is 24.2 Å². The van der Waals surface area contributed by atoms with Crippen LogP contribution in [0.3, 0.4) is 0 Å². The Kier molecular flexibility index (Phi) is 4.17. The second-order valence-electron chi connectivity index (χ2n) is 4.97. The van der Waals surface area contributed by atoms with Crippen molar-refractivity contribution in [3.8, 4) is 0 Å². The van der Waals surface area contributed by atoms with Gasteiger partial charge in [0.2, 0.25) is 0 Å². The van der Waals surface area contributed by atoms with Gasteiger partial charge in [0.25, 0.3) is 5.91 Å². The Morgan fingerprint density at radius 3 is 2.22 bits per heavy atom. The van der Waals surface area contributed by atoms with Gasteiger partial charge in [0, 0.05) is 12.6 Å². The second-order valence-corrected chi connectivity index (χ2v) is 4.97. The van der Waals surface area contributed by atoms with Crippen LogP contribution in [-0.4, -0.2) is 29.2 Å². The summed E-state index contributed by atoms with van der Waals surface area (Å²) >= 11 is 0. The SMILES string of the molecule is CC(C)C1(C)N=C(c2ccccc2)N(C)C1=O.Cl. The molecule has 3 nitrogen and oxygen atoms in total. The minimum absolute atomic E-state index is 0. The summed E-state index contributed by atoms with van der Waals surface area (Å²) in [5.41, 5.74) is 0.368. The molecule has 1 aromatic carbocycles. The molecule has 0 bridgehead atoms. The molecule has 1 unspecified atom stereocenters. The number of nitrogens with zero attached hydrogens (tertiary/aromatic N) is 2. The Balaban J connectivity index is 0.00000162. The Hall–Kier alpha value is -1.35. The van der Waals surface area contributed by atoms with Crippen molar-refractivity contribution < 1.29 is 4.79 Å². The minimum Gasteiger partial charge on any atom is -0.298 e. The van der Waals surface area contributed by atoms with E-state index in [0.29, 0.717) is 0 Å². The molecule has 0 saturated carbocycles. The predicted octanol–water partition coefficient (Wildman–Crippen LogP) is 2.74. The molecular formula is C14H19ClN2O. The van der Waals surface area contributed by atoms with E-state index in [0.717, 1.165) is 11.4 Å². The first-order valence-corrected chi connectivity index (χ1v) is 5.90. The number of benzene rings is 1. The van der Waals surface area contributed by atoms with Crippen molar-refractivity contribution in [2.24, 2.45) is 10.9 Å². The molecular weight excluding hydrogens is 248 g/mol. The molecule has 0 spiro atoms. The van der Waals surface area contributed by atoms with Gasteiger partial charge in [-0.15, -0.1) is 12.4 Å². The quantitative estimate of drug-likeness (QED) is 0.810. The van der Waals surface area contributed by atoms with E-state index in [1.54, 1.807) is 11.9 Å². The first-order valence-electron chi connectivity index (χ1n) is 5.90. The summed E-state index contributed by atoms with van der Waals surface area (Å²) in [6.07, 6.45) is 0. The molecule has 0 radical (unpaired) electrons. The number of aliphatic imine (C=N–C) groups is 1. The number of carbonyl (C=O) groups is 1. The highest BCUT2D eigenvalue weighted by molar-refractivity contribution is 6.14. The number of halogens is 1. The lowest BCUT2D eigenvalue weighted by molar-refractivity contribution is -0.131. The van der Waals surface area contributed by atoms with E-state index in [9.17, 15) is 4.79 Å². The number of likely N-dealkylation sites (N-methyl/N-ethyl adjacent to an activating group) is 1. The summed E-state index contributed by atoms with van der Waals surface area (Å²) in [7, 11) is 1.79. The molecule has 1 aromatic rings. The average molecular weight is 267 g/mol. The highest BCUT2D eigenvalue weighted by Gasteiger charge is 2.45. The van der Waals surface area contributed by atoms with Gasteiger partial charge >= 0.3 is 0 Å². The normalized spacial score (nSPS) is 23.1. The van der Waals surface area contributed by atoms with Crippen LogP contribution in [0.4, 0.5) is 0 Å². The Morgan fingerprint density at radius 1 is 1.22 bits per heavy atom. The maximum Gasteiger partial charge on any atom is 0.255 e. The van der Waals surface area contributed by atoms with Gasteiger partial charge in [0.15, 0.2) is 0 Å². The minimum atomic E-state index is -0.625. The van der Waals surface area contributed by atoms with E-state index >= 15 is 0 Å². The molecule has 1 aliphatic heterocycles. The molecule has 0 aromatic heterocycles. The van der Waals surface area contributed by atoms with Crippen LogP contribution in [0.25, 0.3) is 0 Å². The predicted molar refractivity (Wildman–Crippen MR) is 76.2 cm³/mol. The molecule has 4 heteroatoms. The van der Waals surface area contributed by atoms with Crippen molar-refractivity contribution >= 4 is 24.1 Å². The van der Waals surface area contributed by atoms with Crippen LogP contribution in [0.1, 0.15) is 26.3 Å². The van der Waals surface area contributed by atoms with Gasteiger partial charge in [-0.1, -0.05) is 44.2 Å². The van der Waals surface area contributed by atoms with Gasteiger partial charge in [-0.2, -0.15) is 0 Å². The van der Waals surface area contributed by atoms with Gasteiger partial charge in [-0.05, 0) is 12.8 Å². The van der Waals surface area contributed by atoms with Crippen LogP contribution in [0.2, 0.25) is 0 Å². The first kappa shape index (κ1) is 14.7. The fourth-order valence-electron chi connectivity index (χ4n) is 2.00. The number of hydrogen-bond donors (Lipinski definition) is 0. The molecule has 18 heavy (non-hydrogen) atoms. The zero-order chi connectivity index (χ0) is 12.6. The monoisotopic (exact) mass is 266 g/mol. The Bertz CT molecular complexity index is 470. The molecule has 0 N–H and O–H groups in total. The maximum atomic E-state index is 12.3. The summed E-state index contributed by atoms with van der Waals surface area (Å²) in [5.74, 6) is 1.04. The van der Waals surface area contributed by atoms with E-state index in [2.05, 4.69) is 4.99 Å². The van der Waals surface area contributed by atoms with Crippen molar-refractivity contribution in [2.75, 3.05) is 7.05 Å². The second kappa shape index (κ2) is 5.11. The van der Waals surface area contributed by atoms with Crippen molar-refractivity contribution in [2.45, 2.75) is 26.3 Å². The molecule has 1 aliphatic rings. The molecule has 2 rings (SSSR count). The van der Waals surface area contributed by atoms with E-state index < -0.39 is 5.54 Å². The van der Waals surface area contributed by atoms with Gasteiger partial charge < -0.3 is 0 Å². The van der Waals surface area contributed by atoms with Gasteiger partial charge in [-0.3, -0.25) is 14.7 Å². The van der Waals surface area contributed by atoms with E-state index in [1.165, 1.54) is 0 Å². The third kappa shape index (κ3) is 2.15. The molecule has 1 heterocycles. The summed E-state index contributed by atoms with van der Waals surface area (Å²) in [6.45, 7) is 5.97. The third-order valence-corrected chi connectivity index (χ3v) is 3.55. The zero-order valence-corrected chi connectivity index (χ0v) is 12.0. The topological polar surface area (TPSA) is 32.7 Å². The molecule has 0 aliphatic carbocycles. The van der Waals surface area contributed by atoms with Crippen LogP contribution in [0, 0.1) is 5.92 Å². The molecule has 98 valence electrons. The number of amidine groups is 1. The molecule has 0 saturated heterocycles. The number of carbonyl (C=O) groups excluding carboxylic acids is 1.